The average Bonchev–Trinajstić information content (AvgIpc) is 2.28. The molecule has 1 aliphatic carbocycles. The predicted octanol–water partition coefficient (Wildman–Crippen LogP) is 2.05. The maximum absolute atomic E-state index is 10.9. The maximum Gasteiger partial charge on any atom is 0.331 e. The van der Waals surface area contributed by atoms with Crippen LogP contribution < -0.4 is 0 Å². The van der Waals surface area contributed by atoms with Crippen LogP contribution in [0.2, 0.25) is 0 Å². The van der Waals surface area contributed by atoms with Gasteiger partial charge in [-0.3, -0.25) is 4.79 Å². The summed E-state index contributed by atoms with van der Waals surface area (Å²) in [5, 5.41) is 17.8. The first-order chi connectivity index (χ1) is 7.11. The predicted molar refractivity (Wildman–Crippen MR) is 54.5 cm³/mol. The van der Waals surface area contributed by atoms with Gasteiger partial charge in [-0.05, 0) is 19.3 Å². The van der Waals surface area contributed by atoms with Crippen molar-refractivity contribution in [2.75, 3.05) is 0 Å². The molecule has 84 valence electrons. The lowest BCUT2D eigenvalue weighted by Gasteiger charge is -2.07. The highest BCUT2D eigenvalue weighted by Gasteiger charge is 2.19. The van der Waals surface area contributed by atoms with Crippen LogP contribution in [0.1, 0.15) is 38.5 Å². The third kappa shape index (κ3) is 3.73. The summed E-state index contributed by atoms with van der Waals surface area (Å²) in [6.45, 7) is 0. The zero-order valence-corrected chi connectivity index (χ0v) is 8.61. The monoisotopic (exact) mass is 212 g/mol. The Labute approximate surface area is 88.6 Å². The molecule has 0 saturated heterocycles. The van der Waals surface area contributed by atoms with E-state index in [-0.39, 0.29) is 5.57 Å². The zero-order valence-electron chi connectivity index (χ0n) is 8.61. The van der Waals surface area contributed by atoms with Crippen molar-refractivity contribution in [3.05, 3.63) is 11.6 Å². The summed E-state index contributed by atoms with van der Waals surface area (Å²) >= 11 is 0. The van der Waals surface area contributed by atoms with E-state index >= 15 is 0 Å². The maximum atomic E-state index is 10.9. The van der Waals surface area contributed by atoms with E-state index in [1.807, 2.05) is 0 Å². The molecule has 4 nitrogen and oxygen atoms in total. The van der Waals surface area contributed by atoms with Crippen LogP contribution in [-0.4, -0.2) is 22.2 Å². The van der Waals surface area contributed by atoms with Gasteiger partial charge in [0, 0.05) is 5.57 Å². The molecule has 0 spiro atoms. The van der Waals surface area contributed by atoms with Gasteiger partial charge in [0.15, 0.2) is 0 Å². The topological polar surface area (TPSA) is 74.6 Å². The van der Waals surface area contributed by atoms with E-state index in [2.05, 4.69) is 0 Å². The molecule has 2 N–H and O–H groups in total. The Hall–Kier alpha value is -1.32. The molecule has 1 aliphatic rings. The number of carboxylic acid groups (broad SMARTS) is 2. The molecule has 0 aliphatic heterocycles. The summed E-state index contributed by atoms with van der Waals surface area (Å²) in [6.07, 6.45) is 6.12. The van der Waals surface area contributed by atoms with Crippen LogP contribution in [0.25, 0.3) is 0 Å². The number of rotatable bonds is 2. The van der Waals surface area contributed by atoms with Crippen molar-refractivity contribution >= 4 is 11.9 Å². The number of carbonyl (C=O) groups is 2. The summed E-state index contributed by atoms with van der Waals surface area (Å²) < 4.78 is 0. The third-order valence-corrected chi connectivity index (χ3v) is 2.71. The van der Waals surface area contributed by atoms with Crippen LogP contribution in [0.4, 0.5) is 0 Å². The first-order valence-electron chi connectivity index (χ1n) is 5.28. The van der Waals surface area contributed by atoms with Gasteiger partial charge in [0.1, 0.15) is 0 Å². The highest BCUT2D eigenvalue weighted by Crippen LogP contribution is 2.21. The van der Waals surface area contributed by atoms with Crippen LogP contribution in [0.15, 0.2) is 11.6 Å². The van der Waals surface area contributed by atoms with E-state index < -0.39 is 17.9 Å². The van der Waals surface area contributed by atoms with Crippen molar-refractivity contribution in [1.29, 1.82) is 0 Å². The van der Waals surface area contributed by atoms with E-state index in [4.69, 9.17) is 10.2 Å². The second-order valence-electron chi connectivity index (χ2n) is 3.89. The smallest absolute Gasteiger partial charge is 0.331 e. The standard InChI is InChI=1S/C11H16O4/c12-10(13)8-5-3-1-2-4-6-9(7-8)11(14)15/h7-8H,1-6H2,(H,12,13)(H,14,15)/b9-7+. The molecule has 0 aromatic rings. The largest absolute Gasteiger partial charge is 0.481 e. The zero-order chi connectivity index (χ0) is 11.3. The molecule has 0 aromatic carbocycles. The van der Waals surface area contributed by atoms with Crippen LogP contribution in [0.3, 0.4) is 0 Å². The van der Waals surface area contributed by atoms with Gasteiger partial charge in [0.25, 0.3) is 0 Å². The average molecular weight is 212 g/mol. The first kappa shape index (κ1) is 11.8. The molecule has 0 saturated carbocycles. The van der Waals surface area contributed by atoms with E-state index in [9.17, 15) is 9.59 Å². The fraction of sp³-hybridized carbons (Fsp3) is 0.636. The normalized spacial score (nSPS) is 26.7. The van der Waals surface area contributed by atoms with Crippen molar-refractivity contribution in [2.45, 2.75) is 38.5 Å². The third-order valence-electron chi connectivity index (χ3n) is 2.71. The molecule has 0 heterocycles. The number of hydrogen-bond acceptors (Lipinski definition) is 2. The number of hydrogen-bond donors (Lipinski definition) is 2. The number of carboxylic acids is 2. The molecular formula is C11H16O4. The molecule has 0 fully saturated rings. The van der Waals surface area contributed by atoms with Crippen molar-refractivity contribution < 1.29 is 19.8 Å². The Bertz CT molecular complexity index is 280. The van der Waals surface area contributed by atoms with Gasteiger partial charge >= 0.3 is 11.9 Å². The Morgan fingerprint density at radius 3 is 2.40 bits per heavy atom. The summed E-state index contributed by atoms with van der Waals surface area (Å²) in [5.41, 5.74) is 0.254. The fourth-order valence-electron chi connectivity index (χ4n) is 1.82. The quantitative estimate of drug-likeness (QED) is 0.734. The summed E-state index contributed by atoms with van der Waals surface area (Å²) in [5.74, 6) is -2.53. The van der Waals surface area contributed by atoms with Crippen LogP contribution in [0.5, 0.6) is 0 Å². The lowest BCUT2D eigenvalue weighted by molar-refractivity contribution is -0.140. The molecule has 1 atom stereocenters. The van der Waals surface area contributed by atoms with Crippen molar-refractivity contribution in [3.8, 4) is 0 Å². The van der Waals surface area contributed by atoms with Crippen LogP contribution in [0, 0.1) is 5.92 Å². The van der Waals surface area contributed by atoms with E-state index in [0.717, 1.165) is 25.7 Å². The van der Waals surface area contributed by atoms with E-state index in [1.54, 1.807) is 0 Å². The van der Waals surface area contributed by atoms with Crippen LogP contribution in [-0.2, 0) is 9.59 Å². The van der Waals surface area contributed by atoms with Gasteiger partial charge < -0.3 is 10.2 Å². The highest BCUT2D eigenvalue weighted by molar-refractivity contribution is 5.87. The van der Waals surface area contributed by atoms with Crippen LogP contribution >= 0.6 is 0 Å². The Morgan fingerprint density at radius 2 is 1.80 bits per heavy atom. The van der Waals surface area contributed by atoms with Gasteiger partial charge in [0.05, 0.1) is 5.92 Å². The number of aliphatic carboxylic acids is 2. The lowest BCUT2D eigenvalue weighted by Crippen LogP contribution is -2.13. The van der Waals surface area contributed by atoms with Gasteiger partial charge in [0.2, 0.25) is 0 Å². The molecule has 1 unspecified atom stereocenters. The SMILES string of the molecule is O=C(O)/C1=C/C(C(=O)O)CCCCCC1. The fourth-order valence-corrected chi connectivity index (χ4v) is 1.82. The molecule has 15 heavy (non-hydrogen) atoms. The molecular weight excluding hydrogens is 196 g/mol. The van der Waals surface area contributed by atoms with E-state index in [0.29, 0.717) is 12.8 Å². The Morgan fingerprint density at radius 1 is 1.13 bits per heavy atom. The Kier molecular flexibility index (Phi) is 4.34. The molecule has 0 aromatic heterocycles. The van der Waals surface area contributed by atoms with Crippen molar-refractivity contribution in [1.82, 2.24) is 0 Å². The highest BCUT2D eigenvalue weighted by atomic mass is 16.4. The lowest BCUT2D eigenvalue weighted by atomic mass is 9.99. The minimum absolute atomic E-state index is 0.254. The molecule has 1 rings (SSSR count). The van der Waals surface area contributed by atoms with E-state index in [1.165, 1.54) is 6.08 Å². The Balaban J connectivity index is 2.82. The summed E-state index contributed by atoms with van der Waals surface area (Å²) in [6, 6.07) is 0. The molecule has 0 bridgehead atoms. The molecule has 4 heteroatoms. The first-order valence-corrected chi connectivity index (χ1v) is 5.28. The second kappa shape index (κ2) is 5.53. The molecule has 0 radical (unpaired) electrons. The van der Waals surface area contributed by atoms with Gasteiger partial charge in [-0.2, -0.15) is 0 Å². The van der Waals surface area contributed by atoms with Crippen molar-refractivity contribution in [3.63, 3.8) is 0 Å². The summed E-state index contributed by atoms with van der Waals surface area (Å²) in [4.78, 5) is 21.7. The van der Waals surface area contributed by atoms with Gasteiger partial charge in [-0.25, -0.2) is 4.79 Å². The van der Waals surface area contributed by atoms with Gasteiger partial charge in [-0.1, -0.05) is 25.3 Å². The molecule has 0 amide bonds. The van der Waals surface area contributed by atoms with Crippen molar-refractivity contribution in [2.24, 2.45) is 5.92 Å². The minimum Gasteiger partial charge on any atom is -0.481 e. The summed E-state index contributed by atoms with van der Waals surface area (Å²) in [7, 11) is 0. The second-order valence-corrected chi connectivity index (χ2v) is 3.89. The van der Waals surface area contributed by atoms with Gasteiger partial charge in [-0.15, -0.1) is 0 Å². The minimum atomic E-state index is -0.983.